The van der Waals surface area contributed by atoms with Crippen LogP contribution < -0.4 is 10.0 Å². The molecule has 0 saturated heterocycles. The molecular formula is C20H21N5O3S2. The average molecular weight is 444 g/mol. The van der Waals surface area contributed by atoms with Gasteiger partial charge in [0.25, 0.3) is 5.91 Å². The summed E-state index contributed by atoms with van der Waals surface area (Å²) in [5.74, 6) is 0.274. The van der Waals surface area contributed by atoms with Crippen LogP contribution in [0.2, 0.25) is 0 Å². The van der Waals surface area contributed by atoms with Crippen molar-refractivity contribution in [3.05, 3.63) is 76.3 Å². The van der Waals surface area contributed by atoms with Gasteiger partial charge in [-0.25, -0.2) is 13.1 Å². The Morgan fingerprint density at radius 1 is 1.13 bits per heavy atom. The predicted octanol–water partition coefficient (Wildman–Crippen LogP) is 2.68. The first-order valence-corrected chi connectivity index (χ1v) is 11.4. The highest BCUT2D eigenvalue weighted by Crippen LogP contribution is 2.35. The molecule has 0 bridgehead atoms. The molecule has 3 N–H and O–H groups in total. The lowest BCUT2D eigenvalue weighted by Crippen LogP contribution is -2.26. The molecule has 4 rings (SSSR count). The molecule has 1 heterocycles. The highest BCUT2D eigenvalue weighted by Gasteiger charge is 2.27. The third-order valence-electron chi connectivity index (χ3n) is 4.81. The maximum atomic E-state index is 12.6. The number of sulfonamides is 1. The summed E-state index contributed by atoms with van der Waals surface area (Å²) in [5.41, 5.74) is 1.10. The minimum absolute atomic E-state index is 0.0340. The minimum atomic E-state index is -3.75. The van der Waals surface area contributed by atoms with E-state index in [1.807, 2.05) is 34.9 Å². The molecule has 0 unspecified atom stereocenters. The van der Waals surface area contributed by atoms with Gasteiger partial charge < -0.3 is 5.32 Å². The summed E-state index contributed by atoms with van der Waals surface area (Å²) < 4.78 is 30.3. The number of nitrogens with zero attached hydrogens (tertiary/aromatic N) is 2. The van der Waals surface area contributed by atoms with Crippen molar-refractivity contribution in [1.29, 1.82) is 0 Å². The lowest BCUT2D eigenvalue weighted by molar-refractivity contribution is 0.0949. The van der Waals surface area contributed by atoms with Crippen molar-refractivity contribution in [3.8, 4) is 0 Å². The topological polar surface area (TPSA) is 109 Å². The van der Waals surface area contributed by atoms with E-state index in [0.29, 0.717) is 16.6 Å². The van der Waals surface area contributed by atoms with E-state index in [-0.39, 0.29) is 29.5 Å². The molecular weight excluding hydrogens is 422 g/mol. The summed E-state index contributed by atoms with van der Waals surface area (Å²) in [7, 11) is -3.75. The Balaban J connectivity index is 1.43. The number of aromatic amines is 1. The van der Waals surface area contributed by atoms with Gasteiger partial charge in [-0.2, -0.15) is 5.10 Å². The third kappa shape index (κ3) is 4.66. The molecule has 156 valence electrons. The van der Waals surface area contributed by atoms with Crippen molar-refractivity contribution in [2.45, 2.75) is 36.9 Å². The van der Waals surface area contributed by atoms with Crippen LogP contribution in [0, 0.1) is 4.77 Å². The van der Waals surface area contributed by atoms with Crippen LogP contribution in [0.25, 0.3) is 0 Å². The Morgan fingerprint density at radius 2 is 1.90 bits per heavy atom. The average Bonchev–Trinajstić information content (AvgIpc) is 3.53. The molecule has 0 aliphatic heterocycles. The van der Waals surface area contributed by atoms with Gasteiger partial charge in [-0.3, -0.25) is 14.5 Å². The van der Waals surface area contributed by atoms with Crippen molar-refractivity contribution < 1.29 is 13.2 Å². The van der Waals surface area contributed by atoms with Gasteiger partial charge in [-0.1, -0.05) is 36.4 Å². The van der Waals surface area contributed by atoms with E-state index in [2.05, 4.69) is 20.2 Å². The van der Waals surface area contributed by atoms with Gasteiger partial charge in [0.15, 0.2) is 10.6 Å². The molecule has 0 radical (unpaired) electrons. The van der Waals surface area contributed by atoms with E-state index < -0.39 is 10.0 Å². The Hall–Kier alpha value is -2.82. The number of hydrogen-bond donors (Lipinski definition) is 3. The molecule has 1 aliphatic rings. The molecule has 0 spiro atoms. The first-order valence-electron chi connectivity index (χ1n) is 9.52. The maximum absolute atomic E-state index is 12.6. The Kier molecular flexibility index (Phi) is 5.80. The number of hydrogen-bond acceptors (Lipinski definition) is 5. The summed E-state index contributed by atoms with van der Waals surface area (Å²) in [6, 6.07) is 15.5. The molecule has 1 aromatic heterocycles. The van der Waals surface area contributed by atoms with Crippen LogP contribution in [-0.4, -0.2) is 29.1 Å². The SMILES string of the molecule is O=C(NCc1n[nH]c(=S)n1C1CC1)c1cccc(S(=O)(=O)NCc2ccccc2)c1. The van der Waals surface area contributed by atoms with E-state index in [0.717, 1.165) is 18.4 Å². The van der Waals surface area contributed by atoms with Gasteiger partial charge in [-0.05, 0) is 48.8 Å². The van der Waals surface area contributed by atoms with Crippen molar-refractivity contribution in [2.75, 3.05) is 0 Å². The zero-order chi connectivity index (χ0) is 21.1. The van der Waals surface area contributed by atoms with E-state index in [1.54, 1.807) is 12.1 Å². The zero-order valence-corrected chi connectivity index (χ0v) is 17.7. The Labute approximate surface area is 179 Å². The number of nitrogens with one attached hydrogen (secondary N) is 3. The zero-order valence-electron chi connectivity index (χ0n) is 16.0. The molecule has 1 saturated carbocycles. The van der Waals surface area contributed by atoms with Crippen molar-refractivity contribution in [1.82, 2.24) is 24.8 Å². The Bertz CT molecular complexity index is 1210. The number of aromatic nitrogens is 3. The number of carbonyl (C=O) groups is 1. The van der Waals surface area contributed by atoms with Crippen LogP contribution in [0.5, 0.6) is 0 Å². The second kappa shape index (κ2) is 8.50. The fourth-order valence-corrected chi connectivity index (χ4v) is 4.46. The molecule has 1 aliphatic carbocycles. The van der Waals surface area contributed by atoms with Crippen molar-refractivity contribution in [3.63, 3.8) is 0 Å². The number of amides is 1. The van der Waals surface area contributed by atoms with Crippen LogP contribution in [-0.2, 0) is 23.1 Å². The molecule has 1 amide bonds. The second-order valence-electron chi connectivity index (χ2n) is 7.07. The largest absolute Gasteiger partial charge is 0.345 e. The van der Waals surface area contributed by atoms with Crippen LogP contribution >= 0.6 is 12.2 Å². The Morgan fingerprint density at radius 3 is 2.63 bits per heavy atom. The molecule has 2 aromatic carbocycles. The monoisotopic (exact) mass is 443 g/mol. The summed E-state index contributed by atoms with van der Waals surface area (Å²) in [5, 5.41) is 9.72. The molecule has 10 heteroatoms. The summed E-state index contributed by atoms with van der Waals surface area (Å²) in [4.78, 5) is 12.6. The summed E-state index contributed by atoms with van der Waals surface area (Å²) in [6.07, 6.45) is 2.09. The number of carbonyl (C=O) groups excluding carboxylic acids is 1. The van der Waals surface area contributed by atoms with Crippen molar-refractivity contribution >= 4 is 28.1 Å². The normalized spacial score (nSPS) is 13.9. The quantitative estimate of drug-likeness (QED) is 0.464. The van der Waals surface area contributed by atoms with Gasteiger partial charge in [0, 0.05) is 18.2 Å². The van der Waals surface area contributed by atoms with E-state index in [4.69, 9.17) is 12.2 Å². The number of benzene rings is 2. The predicted molar refractivity (Wildman–Crippen MR) is 114 cm³/mol. The van der Waals surface area contributed by atoms with Crippen molar-refractivity contribution in [2.24, 2.45) is 0 Å². The summed E-state index contributed by atoms with van der Waals surface area (Å²) in [6.45, 7) is 0.370. The van der Waals surface area contributed by atoms with E-state index in [1.165, 1.54) is 12.1 Å². The fraction of sp³-hybridized carbons (Fsp3) is 0.250. The second-order valence-corrected chi connectivity index (χ2v) is 9.22. The van der Waals surface area contributed by atoms with Gasteiger partial charge in [0.2, 0.25) is 10.0 Å². The van der Waals surface area contributed by atoms with E-state index >= 15 is 0 Å². The first kappa shape index (κ1) is 20.5. The lowest BCUT2D eigenvalue weighted by atomic mass is 10.2. The van der Waals surface area contributed by atoms with Crippen LogP contribution in [0.1, 0.15) is 40.6 Å². The van der Waals surface area contributed by atoms with Crippen LogP contribution in [0.15, 0.2) is 59.5 Å². The molecule has 3 aromatic rings. The first-order chi connectivity index (χ1) is 14.4. The molecule has 8 nitrogen and oxygen atoms in total. The summed E-state index contributed by atoms with van der Waals surface area (Å²) >= 11 is 5.24. The van der Waals surface area contributed by atoms with Gasteiger partial charge in [-0.15, -0.1) is 0 Å². The van der Waals surface area contributed by atoms with Gasteiger partial charge >= 0.3 is 0 Å². The van der Waals surface area contributed by atoms with Crippen LogP contribution in [0.3, 0.4) is 0 Å². The molecule has 30 heavy (non-hydrogen) atoms. The molecule has 1 fully saturated rings. The van der Waals surface area contributed by atoms with Crippen LogP contribution in [0.4, 0.5) is 0 Å². The third-order valence-corrected chi connectivity index (χ3v) is 6.50. The minimum Gasteiger partial charge on any atom is -0.345 e. The number of rotatable bonds is 8. The highest BCUT2D eigenvalue weighted by molar-refractivity contribution is 7.89. The fourth-order valence-electron chi connectivity index (χ4n) is 3.09. The number of H-pyrrole nitrogens is 1. The highest BCUT2D eigenvalue weighted by atomic mass is 32.2. The van der Waals surface area contributed by atoms with Gasteiger partial charge in [0.05, 0.1) is 11.4 Å². The standard InChI is InChI=1S/C20H21N5O3S2/c26-19(21-13-18-23-24-20(29)25(18)16-9-10-16)15-7-4-8-17(11-15)30(27,28)22-12-14-5-2-1-3-6-14/h1-8,11,16,22H,9-10,12-13H2,(H,21,26)(H,24,29). The molecule has 0 atom stereocenters. The smallest absolute Gasteiger partial charge is 0.251 e. The lowest BCUT2D eigenvalue weighted by Gasteiger charge is -2.10. The van der Waals surface area contributed by atoms with E-state index in [9.17, 15) is 13.2 Å². The van der Waals surface area contributed by atoms with Gasteiger partial charge in [0.1, 0.15) is 0 Å². The maximum Gasteiger partial charge on any atom is 0.251 e.